The van der Waals surface area contributed by atoms with E-state index in [2.05, 4.69) is 0 Å². The van der Waals surface area contributed by atoms with E-state index in [-0.39, 0.29) is 49.3 Å². The number of esters is 1. The first-order valence-corrected chi connectivity index (χ1v) is 19.4. The number of aliphatic hydroxyl groups is 4. The SMILES string of the molecule is CCCOC(=O)C(C)C(OC1CC(C)(OC)C(=O)C(C)O1)C(C)C(OC1OC(C)CC(N(C)C)C1O)C(C)(O)CC(C)CN(C)C(C)C(O)C(C)(C)O. The molecule has 53 heavy (non-hydrogen) atoms. The Morgan fingerprint density at radius 3 is 2.19 bits per heavy atom. The van der Waals surface area contributed by atoms with Crippen LogP contribution >= 0.6 is 0 Å². The predicted octanol–water partition coefficient (Wildman–Crippen LogP) is 2.75. The van der Waals surface area contributed by atoms with E-state index in [9.17, 15) is 30.0 Å². The molecule has 15 unspecified atom stereocenters. The number of aliphatic hydroxyl groups excluding tert-OH is 2. The van der Waals surface area contributed by atoms with Crippen LogP contribution in [0.1, 0.15) is 102 Å². The molecule has 312 valence electrons. The van der Waals surface area contributed by atoms with Gasteiger partial charge in [0.1, 0.15) is 17.8 Å². The molecule has 2 aliphatic heterocycles. The van der Waals surface area contributed by atoms with E-state index >= 15 is 0 Å². The summed E-state index contributed by atoms with van der Waals surface area (Å²) < 4.78 is 36.8. The third kappa shape index (κ3) is 12.6. The Morgan fingerprint density at radius 2 is 1.66 bits per heavy atom. The monoisotopic (exact) mass is 763 g/mol. The van der Waals surface area contributed by atoms with E-state index in [0.29, 0.717) is 19.4 Å². The Bertz CT molecular complexity index is 1150. The van der Waals surface area contributed by atoms with Crippen molar-refractivity contribution in [3.8, 4) is 0 Å². The third-order valence-electron chi connectivity index (χ3n) is 11.3. The molecule has 14 heteroatoms. The van der Waals surface area contributed by atoms with Crippen molar-refractivity contribution in [1.82, 2.24) is 9.80 Å². The first kappa shape index (κ1) is 47.9. The van der Waals surface area contributed by atoms with Gasteiger partial charge in [0.05, 0.1) is 48.1 Å². The van der Waals surface area contributed by atoms with Gasteiger partial charge in [-0.2, -0.15) is 0 Å². The highest BCUT2D eigenvalue weighted by Crippen LogP contribution is 2.38. The van der Waals surface area contributed by atoms with Crippen LogP contribution in [0, 0.1) is 17.8 Å². The molecule has 2 aliphatic rings. The summed E-state index contributed by atoms with van der Waals surface area (Å²) in [6, 6.07) is -0.670. The fourth-order valence-electron chi connectivity index (χ4n) is 7.97. The average Bonchev–Trinajstić information content (AvgIpc) is 3.06. The molecule has 15 atom stereocenters. The van der Waals surface area contributed by atoms with Crippen molar-refractivity contribution >= 4 is 11.8 Å². The fraction of sp³-hybridized carbons (Fsp3) is 0.949. The number of carbonyl (C=O) groups is 2. The lowest BCUT2D eigenvalue weighted by Crippen LogP contribution is -2.60. The van der Waals surface area contributed by atoms with Gasteiger partial charge in [-0.05, 0) is 102 Å². The standard InChI is InChI=1S/C39H74N2O12/c1-16-17-49-35(45)25(5)31(52-29-20-39(11,48-15)33(44)27(7)51-29)24(4)34(53-36-30(42)28(40(12)13)18-23(3)50-36)38(10,47)19-22(2)21-41(14)26(6)32(43)37(8,9)46/h22-32,34,36,42-43,46-47H,16-21H2,1-15H3. The van der Waals surface area contributed by atoms with Gasteiger partial charge in [-0.15, -0.1) is 0 Å². The van der Waals surface area contributed by atoms with Gasteiger partial charge in [-0.1, -0.05) is 20.8 Å². The summed E-state index contributed by atoms with van der Waals surface area (Å²) in [6.07, 6.45) is -5.77. The zero-order valence-corrected chi connectivity index (χ0v) is 35.2. The molecule has 0 amide bonds. The van der Waals surface area contributed by atoms with Crippen molar-refractivity contribution < 1.29 is 58.4 Å². The lowest BCUT2D eigenvalue weighted by Gasteiger charge is -2.48. The Labute approximate surface area is 318 Å². The van der Waals surface area contributed by atoms with Crippen LogP contribution in [-0.2, 0) is 38.0 Å². The molecular weight excluding hydrogens is 688 g/mol. The predicted molar refractivity (Wildman–Crippen MR) is 200 cm³/mol. The number of hydrogen-bond acceptors (Lipinski definition) is 14. The van der Waals surface area contributed by atoms with Gasteiger partial charge in [0.25, 0.3) is 0 Å². The maximum absolute atomic E-state index is 13.5. The van der Waals surface area contributed by atoms with Crippen LogP contribution in [0.2, 0.25) is 0 Å². The number of likely N-dealkylation sites (N-methyl/N-ethyl adjacent to an activating group) is 2. The van der Waals surface area contributed by atoms with Crippen molar-refractivity contribution in [3.05, 3.63) is 0 Å². The number of nitrogens with zero attached hydrogens (tertiary/aromatic N) is 2. The minimum absolute atomic E-state index is 0.0685. The van der Waals surface area contributed by atoms with Gasteiger partial charge in [-0.25, -0.2) is 0 Å². The largest absolute Gasteiger partial charge is 0.465 e. The maximum Gasteiger partial charge on any atom is 0.311 e. The van der Waals surface area contributed by atoms with Gasteiger partial charge in [0, 0.05) is 38.1 Å². The van der Waals surface area contributed by atoms with Crippen LogP contribution < -0.4 is 0 Å². The zero-order chi connectivity index (χ0) is 40.8. The van der Waals surface area contributed by atoms with Crippen LogP contribution in [0.5, 0.6) is 0 Å². The maximum atomic E-state index is 13.5. The molecule has 0 spiro atoms. The van der Waals surface area contributed by atoms with Crippen LogP contribution in [0.15, 0.2) is 0 Å². The lowest BCUT2D eigenvalue weighted by atomic mass is 9.77. The molecule has 2 heterocycles. The van der Waals surface area contributed by atoms with E-state index in [1.54, 1.807) is 41.5 Å². The van der Waals surface area contributed by atoms with Crippen molar-refractivity contribution in [1.29, 1.82) is 0 Å². The molecule has 14 nitrogen and oxygen atoms in total. The quantitative estimate of drug-likeness (QED) is 0.133. The number of hydrogen-bond donors (Lipinski definition) is 4. The van der Waals surface area contributed by atoms with Gasteiger partial charge >= 0.3 is 5.97 Å². The van der Waals surface area contributed by atoms with E-state index < -0.39 is 77.7 Å². The number of rotatable bonds is 20. The number of ether oxygens (including phenoxy) is 6. The molecule has 0 aromatic heterocycles. The third-order valence-corrected chi connectivity index (χ3v) is 11.3. The zero-order valence-electron chi connectivity index (χ0n) is 35.2. The average molecular weight is 763 g/mol. The van der Waals surface area contributed by atoms with Crippen molar-refractivity contribution in [3.63, 3.8) is 0 Å². The normalized spacial score (nSPS) is 32.4. The lowest BCUT2D eigenvalue weighted by molar-refractivity contribution is -0.307. The van der Waals surface area contributed by atoms with Crippen molar-refractivity contribution in [2.24, 2.45) is 17.8 Å². The molecule has 2 fully saturated rings. The van der Waals surface area contributed by atoms with Crippen LogP contribution in [0.3, 0.4) is 0 Å². The molecule has 0 aromatic rings. The highest BCUT2D eigenvalue weighted by Gasteiger charge is 2.51. The van der Waals surface area contributed by atoms with Crippen LogP contribution in [0.25, 0.3) is 0 Å². The fourth-order valence-corrected chi connectivity index (χ4v) is 7.97. The van der Waals surface area contributed by atoms with Crippen molar-refractivity contribution in [2.45, 2.75) is 180 Å². The Hall–Kier alpha value is -1.30. The minimum Gasteiger partial charge on any atom is -0.465 e. The van der Waals surface area contributed by atoms with Gasteiger partial charge in [-0.3, -0.25) is 9.59 Å². The second kappa shape index (κ2) is 19.7. The summed E-state index contributed by atoms with van der Waals surface area (Å²) in [5, 5.41) is 45.2. The Balaban J connectivity index is 2.58. The molecule has 0 aliphatic carbocycles. The number of Topliss-reactive ketones (excluding diaryl/α,β-unsaturated/α-hetero) is 1. The first-order chi connectivity index (χ1) is 24.3. The Morgan fingerprint density at radius 1 is 1.06 bits per heavy atom. The molecule has 0 saturated carbocycles. The second-order valence-corrected chi connectivity index (χ2v) is 17.2. The molecule has 0 aromatic carbocycles. The molecule has 4 N–H and O–H groups in total. The number of ketones is 1. The van der Waals surface area contributed by atoms with E-state index in [0.717, 1.165) is 0 Å². The van der Waals surface area contributed by atoms with Gasteiger partial charge in [0.2, 0.25) is 0 Å². The summed E-state index contributed by atoms with van der Waals surface area (Å²) in [5.74, 6) is -2.47. The summed E-state index contributed by atoms with van der Waals surface area (Å²) in [6.45, 7) is 19.9. The molecule has 0 bridgehead atoms. The molecule has 2 rings (SSSR count). The minimum atomic E-state index is -1.58. The Kier molecular flexibility index (Phi) is 17.8. The van der Waals surface area contributed by atoms with E-state index in [1.165, 1.54) is 7.11 Å². The first-order valence-electron chi connectivity index (χ1n) is 19.4. The molecular formula is C39H74N2O12. The van der Waals surface area contributed by atoms with Crippen LogP contribution in [0.4, 0.5) is 0 Å². The molecule has 0 radical (unpaired) electrons. The van der Waals surface area contributed by atoms with E-state index in [1.807, 2.05) is 65.6 Å². The topological polar surface area (TPSA) is 177 Å². The highest BCUT2D eigenvalue weighted by atomic mass is 16.7. The summed E-state index contributed by atoms with van der Waals surface area (Å²) >= 11 is 0. The molecule has 2 saturated heterocycles. The summed E-state index contributed by atoms with van der Waals surface area (Å²) in [5.41, 5.74) is -4.07. The smallest absolute Gasteiger partial charge is 0.311 e. The van der Waals surface area contributed by atoms with E-state index in [4.69, 9.17) is 28.4 Å². The highest BCUT2D eigenvalue weighted by molar-refractivity contribution is 5.91. The van der Waals surface area contributed by atoms with Crippen LogP contribution in [-0.4, -0.2) is 161 Å². The number of methoxy groups -OCH3 is 1. The van der Waals surface area contributed by atoms with Crippen molar-refractivity contribution in [2.75, 3.05) is 41.4 Å². The van der Waals surface area contributed by atoms with Gasteiger partial charge < -0.3 is 58.6 Å². The summed E-state index contributed by atoms with van der Waals surface area (Å²) in [4.78, 5) is 30.4. The number of carbonyl (C=O) groups excluding carboxylic acids is 2. The van der Waals surface area contributed by atoms with Gasteiger partial charge in [0.15, 0.2) is 18.4 Å². The second-order valence-electron chi connectivity index (χ2n) is 17.2. The summed E-state index contributed by atoms with van der Waals surface area (Å²) in [7, 11) is 7.07.